The average Bonchev–Trinajstić information content (AvgIpc) is 3.02. The van der Waals surface area contributed by atoms with Crippen LogP contribution in [0.1, 0.15) is 19.8 Å². The summed E-state index contributed by atoms with van der Waals surface area (Å²) in [5.41, 5.74) is 0.915. The molecule has 1 N–H and O–H groups in total. The van der Waals surface area contributed by atoms with Gasteiger partial charge < -0.3 is 14.4 Å². The molecule has 1 fully saturated rings. The molecule has 2 heterocycles. The number of likely N-dealkylation sites (tertiary alicyclic amines) is 1. The summed E-state index contributed by atoms with van der Waals surface area (Å²) >= 11 is 5.60. The molecule has 7 nitrogen and oxygen atoms in total. The maximum Gasteiger partial charge on any atom is 0.314 e. The fourth-order valence-corrected chi connectivity index (χ4v) is 3.61. The number of carbonyl (C=O) groups excluding carboxylic acids is 1. The highest BCUT2D eigenvalue weighted by atomic mass is 32.1. The molecule has 0 radical (unpaired) electrons. The zero-order valence-corrected chi connectivity index (χ0v) is 16.0. The number of benzene rings is 1. The van der Waals surface area contributed by atoms with E-state index in [4.69, 9.17) is 21.7 Å². The average molecular weight is 377 g/mol. The van der Waals surface area contributed by atoms with E-state index in [2.05, 4.69) is 5.10 Å². The lowest BCUT2D eigenvalue weighted by Crippen LogP contribution is -3.13. The van der Waals surface area contributed by atoms with Gasteiger partial charge in [0.25, 0.3) is 0 Å². The Balaban J connectivity index is 1.72. The van der Waals surface area contributed by atoms with Crippen molar-refractivity contribution < 1.29 is 19.2 Å². The Morgan fingerprint density at radius 2 is 2.31 bits per heavy atom. The van der Waals surface area contributed by atoms with E-state index in [0.29, 0.717) is 18.0 Å². The number of quaternary nitrogens is 1. The van der Waals surface area contributed by atoms with Gasteiger partial charge in [0, 0.05) is 6.07 Å². The van der Waals surface area contributed by atoms with Gasteiger partial charge in [0.05, 0.1) is 32.5 Å². The third kappa shape index (κ3) is 4.13. The quantitative estimate of drug-likeness (QED) is 0.606. The van der Waals surface area contributed by atoms with Gasteiger partial charge in [0.15, 0.2) is 6.67 Å². The van der Waals surface area contributed by atoms with Gasteiger partial charge in [0.2, 0.25) is 4.77 Å². The smallest absolute Gasteiger partial charge is 0.314 e. The van der Waals surface area contributed by atoms with Crippen molar-refractivity contribution in [3.8, 4) is 11.4 Å². The molecule has 1 aliphatic heterocycles. The Labute approximate surface area is 158 Å². The standard InChI is InChI=1S/C18H24N4O3S/c1-3-25-17(23)14-6-5-9-20(11-14)13-22-18(26)21(12-19-22)15-7-4-8-16(10-15)24-2/h4,7-8,10,12,14H,3,5-6,9,11,13H2,1-2H3/p+1/t14-/m1/s1. The molecule has 0 aliphatic carbocycles. The van der Waals surface area contributed by atoms with Gasteiger partial charge >= 0.3 is 5.97 Å². The molecular weight excluding hydrogens is 352 g/mol. The maximum atomic E-state index is 12.0. The molecule has 0 amide bonds. The fourth-order valence-electron chi connectivity index (χ4n) is 3.35. The Morgan fingerprint density at radius 3 is 3.08 bits per heavy atom. The summed E-state index contributed by atoms with van der Waals surface area (Å²) < 4.78 is 14.8. The predicted octanol–water partition coefficient (Wildman–Crippen LogP) is 1.23. The first-order valence-corrected chi connectivity index (χ1v) is 9.32. The molecule has 140 valence electrons. The number of nitrogens with zero attached hydrogens (tertiary/aromatic N) is 3. The molecule has 1 unspecified atom stereocenters. The van der Waals surface area contributed by atoms with Gasteiger partial charge in [-0.2, -0.15) is 9.78 Å². The zero-order valence-electron chi connectivity index (χ0n) is 15.2. The van der Waals surface area contributed by atoms with Crippen molar-refractivity contribution >= 4 is 18.2 Å². The minimum absolute atomic E-state index is 0.0339. The minimum Gasteiger partial charge on any atom is -0.497 e. The molecule has 2 atom stereocenters. The molecule has 1 aliphatic rings. The monoisotopic (exact) mass is 377 g/mol. The second-order valence-electron chi connectivity index (χ2n) is 6.44. The van der Waals surface area contributed by atoms with Crippen LogP contribution in [0.25, 0.3) is 5.69 Å². The van der Waals surface area contributed by atoms with Crippen molar-refractivity contribution in [2.75, 3.05) is 26.8 Å². The number of ether oxygens (including phenoxy) is 2. The highest BCUT2D eigenvalue weighted by Gasteiger charge is 2.30. The normalized spacial score (nSPS) is 19.9. The Morgan fingerprint density at radius 1 is 1.46 bits per heavy atom. The highest BCUT2D eigenvalue weighted by Crippen LogP contribution is 2.16. The van der Waals surface area contributed by atoms with Crippen molar-refractivity contribution in [2.24, 2.45) is 5.92 Å². The third-order valence-electron chi connectivity index (χ3n) is 4.68. The number of hydrogen-bond donors (Lipinski definition) is 1. The van der Waals surface area contributed by atoms with Crippen LogP contribution in [0.5, 0.6) is 5.75 Å². The topological polar surface area (TPSA) is 62.7 Å². The van der Waals surface area contributed by atoms with Crippen molar-refractivity contribution in [3.63, 3.8) is 0 Å². The SMILES string of the molecule is CCOC(=O)[C@@H]1CCC[NH+](Cn2ncn(-c3cccc(OC)c3)c2=S)C1. The predicted molar refractivity (Wildman–Crippen MR) is 99.0 cm³/mol. The first-order valence-electron chi connectivity index (χ1n) is 8.91. The number of nitrogens with one attached hydrogen (secondary N) is 1. The first kappa shape index (κ1) is 18.6. The van der Waals surface area contributed by atoms with Gasteiger partial charge in [-0.15, -0.1) is 0 Å². The van der Waals surface area contributed by atoms with Crippen molar-refractivity contribution in [1.82, 2.24) is 14.3 Å². The van der Waals surface area contributed by atoms with Crippen LogP contribution in [0.15, 0.2) is 30.6 Å². The van der Waals surface area contributed by atoms with E-state index in [9.17, 15) is 4.79 Å². The lowest BCUT2D eigenvalue weighted by Gasteiger charge is -2.28. The van der Waals surface area contributed by atoms with Crippen LogP contribution in [0.2, 0.25) is 0 Å². The van der Waals surface area contributed by atoms with E-state index in [0.717, 1.165) is 37.4 Å². The van der Waals surface area contributed by atoms with E-state index in [-0.39, 0.29) is 11.9 Å². The molecule has 3 rings (SSSR count). The van der Waals surface area contributed by atoms with E-state index in [1.807, 2.05) is 40.4 Å². The van der Waals surface area contributed by atoms with Crippen LogP contribution in [-0.2, 0) is 16.2 Å². The van der Waals surface area contributed by atoms with Crippen LogP contribution in [-0.4, -0.2) is 47.1 Å². The number of aromatic nitrogens is 3. The summed E-state index contributed by atoms with van der Waals surface area (Å²) in [4.78, 5) is 13.3. The largest absolute Gasteiger partial charge is 0.497 e. The summed E-state index contributed by atoms with van der Waals surface area (Å²) in [7, 11) is 1.64. The minimum atomic E-state index is -0.0878. The second-order valence-corrected chi connectivity index (χ2v) is 6.80. The summed E-state index contributed by atoms with van der Waals surface area (Å²) in [6, 6.07) is 7.71. The Kier molecular flexibility index (Phi) is 6.05. The van der Waals surface area contributed by atoms with E-state index in [1.54, 1.807) is 13.4 Å². The Bertz CT molecular complexity index is 817. The number of rotatable bonds is 6. The molecular formula is C18H25N4O3S+. The first-order chi connectivity index (χ1) is 12.6. The summed E-state index contributed by atoms with van der Waals surface area (Å²) in [5.74, 6) is 0.652. The van der Waals surface area contributed by atoms with Gasteiger partial charge in [-0.3, -0.25) is 9.36 Å². The number of esters is 1. The van der Waals surface area contributed by atoms with Gasteiger partial charge in [-0.05, 0) is 44.1 Å². The molecule has 0 bridgehead atoms. The van der Waals surface area contributed by atoms with E-state index in [1.165, 1.54) is 4.90 Å². The third-order valence-corrected chi connectivity index (χ3v) is 5.08. The van der Waals surface area contributed by atoms with E-state index < -0.39 is 0 Å². The van der Waals surface area contributed by atoms with Crippen LogP contribution in [0.3, 0.4) is 0 Å². The molecule has 2 aromatic rings. The second kappa shape index (κ2) is 8.46. The maximum absolute atomic E-state index is 12.0. The van der Waals surface area contributed by atoms with E-state index >= 15 is 0 Å². The van der Waals surface area contributed by atoms with Crippen molar-refractivity contribution in [1.29, 1.82) is 0 Å². The number of piperidine rings is 1. The molecule has 0 spiro atoms. The van der Waals surface area contributed by atoms with Crippen molar-refractivity contribution in [3.05, 3.63) is 35.4 Å². The van der Waals surface area contributed by atoms with Gasteiger partial charge in [-0.1, -0.05) is 6.07 Å². The lowest BCUT2D eigenvalue weighted by molar-refractivity contribution is -0.930. The summed E-state index contributed by atoms with van der Waals surface area (Å²) in [6.45, 7) is 4.68. The van der Waals surface area contributed by atoms with Gasteiger partial charge in [-0.25, -0.2) is 0 Å². The summed E-state index contributed by atoms with van der Waals surface area (Å²) in [6.07, 6.45) is 3.62. The molecule has 8 heteroatoms. The fraction of sp³-hybridized carbons (Fsp3) is 0.500. The van der Waals surface area contributed by atoms with Crippen LogP contribution >= 0.6 is 12.2 Å². The number of carbonyl (C=O) groups is 1. The molecule has 0 saturated carbocycles. The number of hydrogen-bond acceptors (Lipinski definition) is 5. The zero-order chi connectivity index (χ0) is 18.5. The molecule has 26 heavy (non-hydrogen) atoms. The van der Waals surface area contributed by atoms with Gasteiger partial charge in [0.1, 0.15) is 18.0 Å². The van der Waals surface area contributed by atoms with Crippen LogP contribution in [0, 0.1) is 10.7 Å². The summed E-state index contributed by atoms with van der Waals surface area (Å²) in [5, 5.41) is 4.45. The molecule has 1 aromatic carbocycles. The van der Waals surface area contributed by atoms with Crippen LogP contribution in [0.4, 0.5) is 0 Å². The highest BCUT2D eigenvalue weighted by molar-refractivity contribution is 7.71. The van der Waals surface area contributed by atoms with Crippen molar-refractivity contribution in [2.45, 2.75) is 26.4 Å². The lowest BCUT2D eigenvalue weighted by atomic mass is 9.99. The Hall–Kier alpha value is -2.19. The molecule has 1 aromatic heterocycles. The number of methoxy groups -OCH3 is 1. The van der Waals surface area contributed by atoms with Crippen LogP contribution < -0.4 is 9.64 Å². The molecule has 1 saturated heterocycles.